The van der Waals surface area contributed by atoms with Crippen LogP contribution in [0.4, 0.5) is 5.95 Å². The molecule has 2 N–H and O–H groups in total. The van der Waals surface area contributed by atoms with Crippen molar-refractivity contribution in [3.63, 3.8) is 0 Å². The highest BCUT2D eigenvalue weighted by Gasteiger charge is 2.35. The first-order valence-electron chi connectivity index (χ1n) is 7.75. The van der Waals surface area contributed by atoms with Crippen LogP contribution in [0.25, 0.3) is 0 Å². The molecule has 0 bridgehead atoms. The molecule has 0 saturated carbocycles. The highest BCUT2D eigenvalue weighted by molar-refractivity contribution is 5.82. The number of nitrogens with two attached hydrogens (primary N) is 1. The van der Waals surface area contributed by atoms with Gasteiger partial charge in [0, 0.05) is 38.6 Å². The predicted octanol–water partition coefficient (Wildman–Crippen LogP) is 0.0268. The van der Waals surface area contributed by atoms with Gasteiger partial charge in [0.15, 0.2) is 0 Å². The standard InChI is InChI=1S/C15H21N5O2/c16-13(21)11-4-8-19(9-11)14(22)12-3-1-7-20(10-12)15-17-5-2-6-18-15/h2,5-6,11-12H,1,3-4,7-10H2,(H2,16,21)/t11-,12-/m0/s1. The average molecular weight is 303 g/mol. The van der Waals surface area contributed by atoms with Crippen molar-refractivity contribution in [3.8, 4) is 0 Å². The minimum absolute atomic E-state index is 0.0517. The number of rotatable bonds is 3. The molecule has 2 saturated heterocycles. The maximum Gasteiger partial charge on any atom is 0.227 e. The zero-order chi connectivity index (χ0) is 15.5. The SMILES string of the molecule is NC(=O)[C@H]1CCN(C(=O)[C@H]2CCCN(c3ncccn3)C2)C1. The van der Waals surface area contributed by atoms with Gasteiger partial charge in [-0.05, 0) is 25.3 Å². The highest BCUT2D eigenvalue weighted by atomic mass is 16.2. The first-order chi connectivity index (χ1) is 10.6. The zero-order valence-electron chi connectivity index (χ0n) is 12.5. The molecule has 0 aromatic carbocycles. The topological polar surface area (TPSA) is 92.4 Å². The summed E-state index contributed by atoms with van der Waals surface area (Å²) in [5, 5.41) is 0. The van der Waals surface area contributed by atoms with Gasteiger partial charge in [0.1, 0.15) is 0 Å². The van der Waals surface area contributed by atoms with Gasteiger partial charge in [-0.25, -0.2) is 9.97 Å². The summed E-state index contributed by atoms with van der Waals surface area (Å²) in [6.07, 6.45) is 5.93. The van der Waals surface area contributed by atoms with Gasteiger partial charge in [-0.2, -0.15) is 0 Å². The van der Waals surface area contributed by atoms with E-state index in [4.69, 9.17) is 5.73 Å². The third-order valence-electron chi connectivity index (χ3n) is 4.51. The third-order valence-corrected chi connectivity index (χ3v) is 4.51. The maximum atomic E-state index is 12.7. The molecule has 2 amide bonds. The van der Waals surface area contributed by atoms with Gasteiger partial charge in [0.05, 0.1) is 11.8 Å². The number of nitrogens with zero attached hydrogens (tertiary/aromatic N) is 4. The summed E-state index contributed by atoms with van der Waals surface area (Å²) in [7, 11) is 0. The number of likely N-dealkylation sites (tertiary alicyclic amines) is 1. The summed E-state index contributed by atoms with van der Waals surface area (Å²) < 4.78 is 0. The van der Waals surface area contributed by atoms with Gasteiger partial charge >= 0.3 is 0 Å². The van der Waals surface area contributed by atoms with E-state index < -0.39 is 0 Å². The number of piperidine rings is 1. The molecule has 2 aliphatic rings. The van der Waals surface area contributed by atoms with Crippen LogP contribution in [0.15, 0.2) is 18.5 Å². The minimum Gasteiger partial charge on any atom is -0.369 e. The van der Waals surface area contributed by atoms with E-state index in [0.717, 1.165) is 19.4 Å². The lowest BCUT2D eigenvalue weighted by molar-refractivity contribution is -0.135. The van der Waals surface area contributed by atoms with E-state index in [1.807, 2.05) is 0 Å². The number of amides is 2. The third kappa shape index (κ3) is 3.03. The van der Waals surface area contributed by atoms with E-state index >= 15 is 0 Å². The molecule has 7 heteroatoms. The van der Waals surface area contributed by atoms with Gasteiger partial charge < -0.3 is 15.5 Å². The fraction of sp³-hybridized carbons (Fsp3) is 0.600. The molecule has 2 fully saturated rings. The second-order valence-electron chi connectivity index (χ2n) is 6.01. The van der Waals surface area contributed by atoms with E-state index in [0.29, 0.717) is 32.0 Å². The van der Waals surface area contributed by atoms with Crippen LogP contribution in [0, 0.1) is 11.8 Å². The summed E-state index contributed by atoms with van der Waals surface area (Å²) >= 11 is 0. The summed E-state index contributed by atoms with van der Waals surface area (Å²) in [5.74, 6) is 0.254. The number of carbonyl (C=O) groups excluding carboxylic acids is 2. The van der Waals surface area contributed by atoms with Crippen LogP contribution in [-0.2, 0) is 9.59 Å². The van der Waals surface area contributed by atoms with E-state index in [9.17, 15) is 9.59 Å². The van der Waals surface area contributed by atoms with Crippen molar-refractivity contribution in [1.82, 2.24) is 14.9 Å². The molecule has 0 radical (unpaired) electrons. The van der Waals surface area contributed by atoms with Crippen LogP contribution in [-0.4, -0.2) is 52.9 Å². The van der Waals surface area contributed by atoms with Crippen LogP contribution in [0.2, 0.25) is 0 Å². The first-order valence-corrected chi connectivity index (χ1v) is 7.75. The Morgan fingerprint density at radius 3 is 2.55 bits per heavy atom. The predicted molar refractivity (Wildman–Crippen MR) is 80.9 cm³/mol. The Hall–Kier alpha value is -2.18. The second kappa shape index (κ2) is 6.29. The lowest BCUT2D eigenvalue weighted by Crippen LogP contribution is -2.45. The van der Waals surface area contributed by atoms with Crippen molar-refractivity contribution in [2.24, 2.45) is 17.6 Å². The smallest absolute Gasteiger partial charge is 0.227 e. The van der Waals surface area contributed by atoms with Gasteiger partial charge in [-0.1, -0.05) is 0 Å². The number of primary amides is 1. The van der Waals surface area contributed by atoms with Gasteiger partial charge in [-0.15, -0.1) is 0 Å². The molecular weight excluding hydrogens is 282 g/mol. The Labute approximate surface area is 129 Å². The molecule has 3 heterocycles. The van der Waals surface area contributed by atoms with Gasteiger partial charge in [0.25, 0.3) is 0 Å². The molecule has 0 unspecified atom stereocenters. The van der Waals surface area contributed by atoms with Crippen molar-refractivity contribution in [1.29, 1.82) is 0 Å². The lowest BCUT2D eigenvalue weighted by Gasteiger charge is -2.33. The molecule has 2 aliphatic heterocycles. The fourth-order valence-corrected chi connectivity index (χ4v) is 3.27. The number of hydrogen-bond donors (Lipinski definition) is 1. The summed E-state index contributed by atoms with van der Waals surface area (Å²) in [6.45, 7) is 2.61. The second-order valence-corrected chi connectivity index (χ2v) is 6.01. The number of anilines is 1. The Morgan fingerprint density at radius 2 is 1.86 bits per heavy atom. The van der Waals surface area contributed by atoms with Crippen LogP contribution in [0.5, 0.6) is 0 Å². The van der Waals surface area contributed by atoms with Crippen LogP contribution < -0.4 is 10.6 Å². The monoisotopic (exact) mass is 303 g/mol. The molecule has 1 aromatic rings. The minimum atomic E-state index is -0.307. The molecular formula is C15H21N5O2. The quantitative estimate of drug-likeness (QED) is 0.850. The van der Waals surface area contributed by atoms with Crippen molar-refractivity contribution in [2.45, 2.75) is 19.3 Å². The van der Waals surface area contributed by atoms with Crippen LogP contribution >= 0.6 is 0 Å². The van der Waals surface area contributed by atoms with Gasteiger partial charge in [-0.3, -0.25) is 9.59 Å². The van der Waals surface area contributed by atoms with Gasteiger partial charge in [0.2, 0.25) is 17.8 Å². The number of hydrogen-bond acceptors (Lipinski definition) is 5. The zero-order valence-corrected chi connectivity index (χ0v) is 12.5. The fourth-order valence-electron chi connectivity index (χ4n) is 3.27. The van der Waals surface area contributed by atoms with E-state index in [1.165, 1.54) is 0 Å². The Bertz CT molecular complexity index is 550. The number of aromatic nitrogens is 2. The Balaban J connectivity index is 1.62. The Morgan fingerprint density at radius 1 is 1.09 bits per heavy atom. The average Bonchev–Trinajstić information content (AvgIpc) is 3.05. The molecule has 0 spiro atoms. The highest BCUT2D eigenvalue weighted by Crippen LogP contribution is 2.24. The van der Waals surface area contributed by atoms with Crippen LogP contribution in [0.1, 0.15) is 19.3 Å². The molecule has 3 rings (SSSR count). The Kier molecular flexibility index (Phi) is 4.22. The summed E-state index contributed by atoms with van der Waals surface area (Å²) in [4.78, 5) is 36.3. The molecule has 22 heavy (non-hydrogen) atoms. The largest absolute Gasteiger partial charge is 0.369 e. The molecule has 0 aliphatic carbocycles. The van der Waals surface area contributed by atoms with E-state index in [1.54, 1.807) is 23.4 Å². The van der Waals surface area contributed by atoms with Crippen molar-refractivity contribution in [3.05, 3.63) is 18.5 Å². The van der Waals surface area contributed by atoms with Crippen molar-refractivity contribution < 1.29 is 9.59 Å². The molecule has 2 atom stereocenters. The maximum absolute atomic E-state index is 12.7. The summed E-state index contributed by atoms with van der Waals surface area (Å²) in [5.41, 5.74) is 5.33. The van der Waals surface area contributed by atoms with Crippen molar-refractivity contribution >= 4 is 17.8 Å². The molecule has 1 aromatic heterocycles. The lowest BCUT2D eigenvalue weighted by atomic mass is 9.97. The van der Waals surface area contributed by atoms with Crippen molar-refractivity contribution in [2.75, 3.05) is 31.1 Å². The van der Waals surface area contributed by atoms with E-state index in [-0.39, 0.29) is 23.7 Å². The summed E-state index contributed by atoms with van der Waals surface area (Å²) in [6, 6.07) is 1.78. The van der Waals surface area contributed by atoms with Crippen LogP contribution in [0.3, 0.4) is 0 Å². The van der Waals surface area contributed by atoms with E-state index in [2.05, 4.69) is 14.9 Å². The number of carbonyl (C=O) groups is 2. The normalized spacial score (nSPS) is 25.3. The first kappa shape index (κ1) is 14.7. The molecule has 118 valence electrons. The molecule has 7 nitrogen and oxygen atoms in total.